The number of piperidine rings is 2. The molecule has 2 aliphatic rings. The maximum atomic E-state index is 12.5. The van der Waals surface area contributed by atoms with E-state index in [9.17, 15) is 4.79 Å². The average Bonchev–Trinajstić information content (AvgIpc) is 2.91. The number of nitrogens with two attached hydrogens (primary N) is 2. The zero-order valence-electron chi connectivity index (χ0n) is 26.4. The van der Waals surface area contributed by atoms with Crippen LogP contribution in [0.3, 0.4) is 0 Å². The van der Waals surface area contributed by atoms with Crippen LogP contribution in [0, 0.1) is 11.8 Å². The van der Waals surface area contributed by atoms with E-state index in [4.69, 9.17) is 11.5 Å². The van der Waals surface area contributed by atoms with Crippen LogP contribution in [-0.4, -0.2) is 110 Å². The first-order valence-corrected chi connectivity index (χ1v) is 16.9. The van der Waals surface area contributed by atoms with Crippen LogP contribution in [0.15, 0.2) is 0 Å². The van der Waals surface area contributed by atoms with Crippen LogP contribution in [-0.2, 0) is 4.79 Å². The van der Waals surface area contributed by atoms with Gasteiger partial charge in [-0.1, -0.05) is 27.7 Å². The Bertz CT molecular complexity index is 606. The first-order valence-electron chi connectivity index (χ1n) is 16.9. The first kappa shape index (κ1) is 34.5. The lowest BCUT2D eigenvalue weighted by Gasteiger charge is -2.41. The fraction of sp³-hybridized carbons (Fsp3) is 0.969. The van der Waals surface area contributed by atoms with Crippen LogP contribution in [0.1, 0.15) is 105 Å². The number of carbonyl (C=O) groups is 1. The summed E-state index contributed by atoms with van der Waals surface area (Å²) in [5.41, 5.74) is 12.6. The number of nitrogens with zero attached hydrogens (tertiary/aromatic N) is 4. The van der Waals surface area contributed by atoms with E-state index >= 15 is 0 Å². The molecule has 0 aromatic carbocycles. The van der Waals surface area contributed by atoms with Gasteiger partial charge in [0.15, 0.2) is 0 Å². The summed E-state index contributed by atoms with van der Waals surface area (Å²) in [7, 11) is 0. The molecule has 1 amide bonds. The second-order valence-corrected chi connectivity index (χ2v) is 12.7. The lowest BCUT2D eigenvalue weighted by Crippen LogP contribution is -2.60. The predicted molar refractivity (Wildman–Crippen MR) is 167 cm³/mol. The number of amides is 1. The third kappa shape index (κ3) is 13.2. The largest absolute Gasteiger partial charge is 0.368 e. The van der Waals surface area contributed by atoms with Gasteiger partial charge in [-0.15, -0.1) is 0 Å². The van der Waals surface area contributed by atoms with Crippen LogP contribution < -0.4 is 11.5 Å². The van der Waals surface area contributed by atoms with Crippen LogP contribution >= 0.6 is 0 Å². The van der Waals surface area contributed by atoms with Crippen molar-refractivity contribution in [2.45, 2.75) is 117 Å². The lowest BCUT2D eigenvalue weighted by molar-refractivity contribution is -0.124. The molecule has 7 heteroatoms. The van der Waals surface area contributed by atoms with Crippen molar-refractivity contribution in [3.63, 3.8) is 0 Å². The molecule has 0 radical (unpaired) electrons. The molecule has 0 aromatic rings. The average molecular weight is 551 g/mol. The Morgan fingerprint density at radius 3 is 1.51 bits per heavy atom. The summed E-state index contributed by atoms with van der Waals surface area (Å²) in [6, 6.07) is -0.541. The highest BCUT2D eigenvalue weighted by atomic mass is 16.1. The molecule has 2 atom stereocenters. The molecule has 2 rings (SSSR count). The van der Waals surface area contributed by atoms with E-state index in [0.717, 1.165) is 57.4 Å². The number of likely N-dealkylation sites (tertiary alicyclic amines) is 2. The molecule has 0 bridgehead atoms. The van der Waals surface area contributed by atoms with E-state index in [1.165, 1.54) is 103 Å². The quantitative estimate of drug-likeness (QED) is 0.221. The number of hydrogen-bond donors (Lipinski definition) is 2. The highest BCUT2D eigenvalue weighted by Gasteiger charge is 2.34. The van der Waals surface area contributed by atoms with Crippen molar-refractivity contribution in [2.24, 2.45) is 23.3 Å². The monoisotopic (exact) mass is 551 g/mol. The van der Waals surface area contributed by atoms with Gasteiger partial charge in [0.05, 0.1) is 0 Å². The molecular formula is C32H66N6O. The van der Waals surface area contributed by atoms with E-state index in [-0.39, 0.29) is 18.0 Å². The molecule has 4 N–H and O–H groups in total. The molecule has 2 saturated heterocycles. The molecule has 0 aliphatic carbocycles. The molecule has 7 nitrogen and oxygen atoms in total. The van der Waals surface area contributed by atoms with Crippen molar-refractivity contribution in [2.75, 3.05) is 72.0 Å². The molecular weight excluding hydrogens is 484 g/mol. The third-order valence-electron chi connectivity index (χ3n) is 9.25. The van der Waals surface area contributed by atoms with Crippen LogP contribution in [0.5, 0.6) is 0 Å². The Morgan fingerprint density at radius 2 is 1.13 bits per heavy atom. The first-order chi connectivity index (χ1) is 18.9. The van der Waals surface area contributed by atoms with Gasteiger partial charge in [0.25, 0.3) is 0 Å². The Kier molecular flexibility index (Phi) is 17.9. The summed E-state index contributed by atoms with van der Waals surface area (Å²) in [4.78, 5) is 22.6. The fourth-order valence-electron chi connectivity index (χ4n) is 7.18. The fourth-order valence-corrected chi connectivity index (χ4v) is 7.18. The second-order valence-electron chi connectivity index (χ2n) is 12.7. The van der Waals surface area contributed by atoms with E-state index in [2.05, 4.69) is 47.3 Å². The topological polar surface area (TPSA) is 82.1 Å². The highest BCUT2D eigenvalue weighted by Crippen LogP contribution is 2.26. The number of carbonyl (C=O) groups excluding carboxylic acids is 1. The van der Waals surface area contributed by atoms with E-state index in [0.29, 0.717) is 0 Å². The summed E-state index contributed by atoms with van der Waals surface area (Å²) < 4.78 is 0. The Balaban J connectivity index is 1.69. The lowest BCUT2D eigenvalue weighted by atomic mass is 9.89. The van der Waals surface area contributed by atoms with Gasteiger partial charge in [0.1, 0.15) is 6.04 Å². The van der Waals surface area contributed by atoms with Crippen molar-refractivity contribution < 1.29 is 4.79 Å². The summed E-state index contributed by atoms with van der Waals surface area (Å²) in [6.45, 7) is 21.4. The van der Waals surface area contributed by atoms with Gasteiger partial charge in [-0.3, -0.25) is 9.69 Å². The SMILES string of the molecule is CCCN(CCC)CCCC1CCN(CC(N)C(C(N)=O)N2CCC(CCCN(CCC)CCC)CC2)CC1. The summed E-state index contributed by atoms with van der Waals surface area (Å²) in [5.74, 6) is 1.37. The van der Waals surface area contributed by atoms with Crippen molar-refractivity contribution in [3.05, 3.63) is 0 Å². The standard InChI is InChI=1S/C32H66N6O/c1-5-17-35(18-6-2)21-9-11-28-13-23-37(24-14-28)27-30(33)31(32(34)39)38-25-15-29(16-26-38)12-10-22-36(19-7-3)20-8-4/h28-31H,5-27,33H2,1-4H3,(H2,34,39). The highest BCUT2D eigenvalue weighted by molar-refractivity contribution is 5.80. The molecule has 230 valence electrons. The molecule has 2 aliphatic heterocycles. The van der Waals surface area contributed by atoms with Crippen molar-refractivity contribution in [1.82, 2.24) is 19.6 Å². The number of rotatable bonds is 21. The smallest absolute Gasteiger partial charge is 0.236 e. The van der Waals surface area contributed by atoms with E-state index in [1.807, 2.05) is 0 Å². The van der Waals surface area contributed by atoms with Gasteiger partial charge in [0.2, 0.25) is 5.91 Å². The number of primary amides is 1. The van der Waals surface area contributed by atoms with E-state index in [1.54, 1.807) is 0 Å². The van der Waals surface area contributed by atoms with Crippen LogP contribution in [0.4, 0.5) is 0 Å². The third-order valence-corrected chi connectivity index (χ3v) is 9.25. The molecule has 2 unspecified atom stereocenters. The van der Waals surface area contributed by atoms with Gasteiger partial charge < -0.3 is 26.2 Å². The molecule has 0 spiro atoms. The van der Waals surface area contributed by atoms with Gasteiger partial charge in [-0.2, -0.15) is 0 Å². The van der Waals surface area contributed by atoms with Gasteiger partial charge in [-0.25, -0.2) is 0 Å². The van der Waals surface area contributed by atoms with Crippen LogP contribution in [0.2, 0.25) is 0 Å². The normalized spacial score (nSPS) is 20.2. The number of hydrogen-bond acceptors (Lipinski definition) is 6. The molecule has 2 heterocycles. The summed E-state index contributed by atoms with van der Waals surface area (Å²) >= 11 is 0. The van der Waals surface area contributed by atoms with Gasteiger partial charge in [-0.05, 0) is 154 Å². The maximum absolute atomic E-state index is 12.5. The Labute approximate surface area is 242 Å². The van der Waals surface area contributed by atoms with Crippen molar-refractivity contribution >= 4 is 5.91 Å². The molecule has 2 fully saturated rings. The zero-order valence-corrected chi connectivity index (χ0v) is 26.4. The maximum Gasteiger partial charge on any atom is 0.236 e. The molecule has 39 heavy (non-hydrogen) atoms. The van der Waals surface area contributed by atoms with Crippen molar-refractivity contribution in [1.29, 1.82) is 0 Å². The minimum Gasteiger partial charge on any atom is -0.368 e. The minimum absolute atomic E-state index is 0.205. The predicted octanol–water partition coefficient (Wildman–Crippen LogP) is 4.40. The molecule has 0 saturated carbocycles. The summed E-state index contributed by atoms with van der Waals surface area (Å²) in [5, 5.41) is 0. The van der Waals surface area contributed by atoms with Gasteiger partial charge >= 0.3 is 0 Å². The Morgan fingerprint density at radius 1 is 0.718 bits per heavy atom. The second kappa shape index (κ2) is 20.2. The minimum atomic E-state index is -0.337. The Hall–Kier alpha value is -0.730. The van der Waals surface area contributed by atoms with Crippen molar-refractivity contribution in [3.8, 4) is 0 Å². The molecule has 0 aromatic heterocycles. The van der Waals surface area contributed by atoms with E-state index < -0.39 is 0 Å². The summed E-state index contributed by atoms with van der Waals surface area (Å²) in [6.07, 6.45) is 15.1. The van der Waals surface area contributed by atoms with Gasteiger partial charge in [0, 0.05) is 12.6 Å². The zero-order chi connectivity index (χ0) is 28.5. The van der Waals surface area contributed by atoms with Crippen LogP contribution in [0.25, 0.3) is 0 Å².